The fourth-order valence-corrected chi connectivity index (χ4v) is 3.40. The molecule has 2 amide bonds. The normalized spacial score (nSPS) is 12.6. The van der Waals surface area contributed by atoms with Crippen LogP contribution in [0.15, 0.2) is 36.4 Å². The van der Waals surface area contributed by atoms with Crippen LogP contribution in [0.5, 0.6) is 23.0 Å². The maximum atomic E-state index is 12.9. The molecule has 0 bridgehead atoms. The van der Waals surface area contributed by atoms with E-state index in [-0.39, 0.29) is 11.8 Å². The van der Waals surface area contributed by atoms with Crippen molar-refractivity contribution in [3.63, 3.8) is 0 Å². The summed E-state index contributed by atoms with van der Waals surface area (Å²) in [6.45, 7) is 4.79. The van der Waals surface area contributed by atoms with E-state index >= 15 is 0 Å². The van der Waals surface area contributed by atoms with E-state index < -0.39 is 12.1 Å². The molecule has 0 saturated carbocycles. The molecule has 0 aliphatic rings. The van der Waals surface area contributed by atoms with Crippen molar-refractivity contribution in [2.24, 2.45) is 0 Å². The molecule has 0 aliphatic carbocycles. The van der Waals surface area contributed by atoms with Crippen LogP contribution in [-0.2, 0) is 9.59 Å². The summed E-state index contributed by atoms with van der Waals surface area (Å²) in [6, 6.07) is 9.61. The number of amides is 2. The number of anilines is 2. The van der Waals surface area contributed by atoms with Gasteiger partial charge in [0.15, 0.2) is 0 Å². The minimum Gasteiger partial charge on any atom is -0.497 e. The number of ether oxygens (including phenoxy) is 4. The fourth-order valence-electron chi connectivity index (χ4n) is 3.40. The molecule has 2 N–H and O–H groups in total. The van der Waals surface area contributed by atoms with E-state index in [4.69, 9.17) is 18.9 Å². The average molecular weight is 503 g/mol. The number of hydrogen-bond acceptors (Lipinski definition) is 8. The number of nitrogens with zero attached hydrogens (tertiary/aromatic N) is 2. The van der Waals surface area contributed by atoms with Gasteiger partial charge in [-0.05, 0) is 52.2 Å². The quantitative estimate of drug-likeness (QED) is 0.431. The minimum absolute atomic E-state index is 0.178. The number of carbonyl (C=O) groups excluding carboxylic acids is 2. The Bertz CT molecular complexity index is 950. The minimum atomic E-state index is -0.417. The number of likely N-dealkylation sites (N-methyl/N-ethyl adjacent to an activating group) is 2. The van der Waals surface area contributed by atoms with Gasteiger partial charge in [-0.15, -0.1) is 0 Å². The second kappa shape index (κ2) is 13.6. The number of rotatable bonds is 13. The van der Waals surface area contributed by atoms with Gasteiger partial charge in [0.25, 0.3) is 0 Å². The number of carbonyl (C=O) groups is 2. The third-order valence-corrected chi connectivity index (χ3v) is 6.22. The molecular weight excluding hydrogens is 464 g/mol. The van der Waals surface area contributed by atoms with Crippen molar-refractivity contribution in [3.05, 3.63) is 36.4 Å². The van der Waals surface area contributed by atoms with Crippen LogP contribution in [0.25, 0.3) is 0 Å². The zero-order valence-corrected chi connectivity index (χ0v) is 22.4. The van der Waals surface area contributed by atoms with E-state index in [1.165, 1.54) is 0 Å². The maximum absolute atomic E-state index is 12.9. The Morgan fingerprint density at radius 1 is 0.694 bits per heavy atom. The number of methoxy groups -OCH3 is 4. The van der Waals surface area contributed by atoms with Gasteiger partial charge in [0.2, 0.25) is 11.8 Å². The predicted molar refractivity (Wildman–Crippen MR) is 141 cm³/mol. The lowest BCUT2D eigenvalue weighted by atomic mass is 10.2. The van der Waals surface area contributed by atoms with Crippen molar-refractivity contribution in [1.29, 1.82) is 0 Å². The molecule has 0 saturated heterocycles. The summed E-state index contributed by atoms with van der Waals surface area (Å²) >= 11 is 0. The highest BCUT2D eigenvalue weighted by Crippen LogP contribution is 2.30. The van der Waals surface area contributed by atoms with E-state index in [9.17, 15) is 9.59 Å². The highest BCUT2D eigenvalue weighted by molar-refractivity contribution is 5.96. The van der Waals surface area contributed by atoms with Crippen LogP contribution in [-0.4, -0.2) is 89.3 Å². The van der Waals surface area contributed by atoms with Gasteiger partial charge in [-0.1, -0.05) is 0 Å². The van der Waals surface area contributed by atoms with Crippen molar-refractivity contribution in [1.82, 2.24) is 9.80 Å². The largest absolute Gasteiger partial charge is 0.497 e. The molecule has 0 heterocycles. The molecule has 198 valence electrons. The van der Waals surface area contributed by atoms with Crippen LogP contribution in [0.1, 0.15) is 13.8 Å². The average Bonchev–Trinajstić information content (AvgIpc) is 2.90. The van der Waals surface area contributed by atoms with Crippen LogP contribution in [0, 0.1) is 0 Å². The van der Waals surface area contributed by atoms with Crippen molar-refractivity contribution in [2.45, 2.75) is 25.9 Å². The van der Waals surface area contributed by atoms with E-state index in [1.54, 1.807) is 64.8 Å². The summed E-state index contributed by atoms with van der Waals surface area (Å²) in [5.74, 6) is 1.97. The van der Waals surface area contributed by atoms with E-state index in [1.807, 2.05) is 37.7 Å². The number of nitrogens with one attached hydrogen (secondary N) is 2. The molecule has 10 nitrogen and oxygen atoms in total. The van der Waals surface area contributed by atoms with Crippen LogP contribution >= 0.6 is 0 Å². The third kappa shape index (κ3) is 7.50. The molecule has 10 heteroatoms. The van der Waals surface area contributed by atoms with Crippen LogP contribution in [0.3, 0.4) is 0 Å². The van der Waals surface area contributed by atoms with Gasteiger partial charge in [-0.3, -0.25) is 19.4 Å². The molecule has 0 aromatic heterocycles. The third-order valence-electron chi connectivity index (χ3n) is 6.22. The first-order valence-corrected chi connectivity index (χ1v) is 11.6. The van der Waals surface area contributed by atoms with Gasteiger partial charge in [-0.2, -0.15) is 0 Å². The maximum Gasteiger partial charge on any atom is 0.241 e. The van der Waals surface area contributed by atoms with Gasteiger partial charge >= 0.3 is 0 Å². The Labute approximate surface area is 213 Å². The first-order valence-electron chi connectivity index (χ1n) is 11.6. The van der Waals surface area contributed by atoms with Crippen molar-refractivity contribution < 1.29 is 28.5 Å². The summed E-state index contributed by atoms with van der Waals surface area (Å²) in [7, 11) is 9.96. The van der Waals surface area contributed by atoms with Crippen LogP contribution in [0.4, 0.5) is 11.4 Å². The molecule has 36 heavy (non-hydrogen) atoms. The van der Waals surface area contributed by atoms with Crippen molar-refractivity contribution in [2.75, 3.05) is 66.3 Å². The van der Waals surface area contributed by atoms with E-state index in [0.717, 1.165) is 0 Å². The van der Waals surface area contributed by atoms with Gasteiger partial charge in [0.05, 0.1) is 51.9 Å². The molecule has 0 spiro atoms. The van der Waals surface area contributed by atoms with Gasteiger partial charge in [0, 0.05) is 25.2 Å². The summed E-state index contributed by atoms with van der Waals surface area (Å²) in [5, 5.41) is 5.81. The van der Waals surface area contributed by atoms with Gasteiger partial charge < -0.3 is 29.6 Å². The SMILES string of the molecule is COc1ccc(OC)c(NC(=O)[C@H](C)N(C)CCN(C)[C@@H](C)C(=O)Nc2cc(OC)ccc2OC)c1. The second-order valence-corrected chi connectivity index (χ2v) is 8.42. The fraction of sp³-hybridized carbons (Fsp3) is 0.462. The van der Waals surface area contributed by atoms with Crippen LogP contribution < -0.4 is 29.6 Å². The molecule has 0 aliphatic heterocycles. The topological polar surface area (TPSA) is 102 Å². The Kier molecular flexibility index (Phi) is 10.8. The summed E-state index contributed by atoms with van der Waals surface area (Å²) in [5.41, 5.74) is 1.08. The summed E-state index contributed by atoms with van der Waals surface area (Å²) < 4.78 is 21.2. The smallest absolute Gasteiger partial charge is 0.241 e. The zero-order valence-electron chi connectivity index (χ0n) is 22.4. The molecule has 0 radical (unpaired) electrons. The Hall–Kier alpha value is -3.50. The van der Waals surface area contributed by atoms with E-state index in [0.29, 0.717) is 47.5 Å². The summed E-state index contributed by atoms with van der Waals surface area (Å²) in [6.07, 6.45) is 0. The highest BCUT2D eigenvalue weighted by atomic mass is 16.5. The number of benzene rings is 2. The summed E-state index contributed by atoms with van der Waals surface area (Å²) in [4.78, 5) is 29.6. The Morgan fingerprint density at radius 3 is 1.36 bits per heavy atom. The zero-order chi connectivity index (χ0) is 26.8. The van der Waals surface area contributed by atoms with Gasteiger partial charge in [0.1, 0.15) is 23.0 Å². The molecule has 2 atom stereocenters. The molecule has 0 unspecified atom stereocenters. The second-order valence-electron chi connectivity index (χ2n) is 8.42. The molecule has 2 aromatic carbocycles. The molecule has 2 aromatic rings. The first kappa shape index (κ1) is 28.7. The monoisotopic (exact) mass is 502 g/mol. The van der Waals surface area contributed by atoms with Crippen molar-refractivity contribution in [3.8, 4) is 23.0 Å². The van der Waals surface area contributed by atoms with Gasteiger partial charge in [-0.25, -0.2) is 0 Å². The predicted octanol–water partition coefficient (Wildman–Crippen LogP) is 2.94. The highest BCUT2D eigenvalue weighted by Gasteiger charge is 2.23. The molecular formula is C26H38N4O6. The van der Waals surface area contributed by atoms with E-state index in [2.05, 4.69) is 10.6 Å². The lowest BCUT2D eigenvalue weighted by Crippen LogP contribution is -2.46. The molecule has 0 fully saturated rings. The van der Waals surface area contributed by atoms with Crippen LogP contribution in [0.2, 0.25) is 0 Å². The Balaban J connectivity index is 1.93. The standard InChI is InChI=1S/C26H38N4O6/c1-17(25(31)27-21-15-19(33-5)9-11-23(21)35-7)29(3)13-14-30(4)18(2)26(32)28-22-16-20(34-6)10-12-24(22)36-8/h9-12,15-18H,13-14H2,1-8H3,(H,27,31)(H,28,32)/t17-,18-/m0/s1. The molecule has 2 rings (SSSR count). The Morgan fingerprint density at radius 2 is 1.06 bits per heavy atom. The number of hydrogen-bond donors (Lipinski definition) is 2. The first-order chi connectivity index (χ1) is 17.1. The van der Waals surface area contributed by atoms with Crippen molar-refractivity contribution >= 4 is 23.2 Å². The lowest BCUT2D eigenvalue weighted by Gasteiger charge is -2.29. The lowest BCUT2D eigenvalue weighted by molar-refractivity contribution is -0.122.